The molecule has 98 valence electrons. The summed E-state index contributed by atoms with van der Waals surface area (Å²) in [5, 5.41) is 2.92. The van der Waals surface area contributed by atoms with Crippen molar-refractivity contribution in [3.8, 4) is 0 Å². The van der Waals surface area contributed by atoms with E-state index in [4.69, 9.17) is 17.3 Å². The van der Waals surface area contributed by atoms with Crippen LogP contribution in [0.5, 0.6) is 0 Å². The van der Waals surface area contributed by atoms with E-state index in [1.807, 2.05) is 6.92 Å². The van der Waals surface area contributed by atoms with E-state index < -0.39 is 11.7 Å². The molecule has 0 aliphatic carbocycles. The molecule has 0 saturated carbocycles. The van der Waals surface area contributed by atoms with Crippen molar-refractivity contribution in [3.05, 3.63) is 58.4 Å². The molecule has 0 aliphatic rings. The maximum absolute atomic E-state index is 13.6. The second-order valence-corrected chi connectivity index (χ2v) is 4.59. The summed E-state index contributed by atoms with van der Waals surface area (Å²) in [6.45, 7) is 1.82. The third-order valence-corrected chi connectivity index (χ3v) is 2.92. The highest BCUT2D eigenvalue weighted by Gasteiger charge is 2.13. The first-order valence-corrected chi connectivity index (χ1v) is 5.97. The van der Waals surface area contributed by atoms with Gasteiger partial charge in [0.1, 0.15) is 5.82 Å². The molecule has 2 aromatic carbocycles. The molecule has 0 atom stereocenters. The highest BCUT2D eigenvalue weighted by atomic mass is 35.5. The Kier molecular flexibility index (Phi) is 3.71. The Bertz CT molecular complexity index is 643. The normalized spacial score (nSPS) is 10.3. The summed E-state index contributed by atoms with van der Waals surface area (Å²) in [7, 11) is 0. The third kappa shape index (κ3) is 3.03. The molecular weight excluding hydrogens is 267 g/mol. The molecule has 2 aromatic rings. The fourth-order valence-corrected chi connectivity index (χ4v) is 1.81. The van der Waals surface area contributed by atoms with Gasteiger partial charge < -0.3 is 11.1 Å². The van der Waals surface area contributed by atoms with Crippen LogP contribution in [0.1, 0.15) is 15.9 Å². The summed E-state index contributed by atoms with van der Waals surface area (Å²) in [5.74, 6) is -1.18. The van der Waals surface area contributed by atoms with E-state index in [0.29, 0.717) is 16.4 Å². The maximum atomic E-state index is 13.6. The summed E-state index contributed by atoms with van der Waals surface area (Å²) in [5.41, 5.74) is 7.45. The van der Waals surface area contributed by atoms with Crippen LogP contribution >= 0.6 is 11.6 Å². The number of benzene rings is 2. The van der Waals surface area contributed by atoms with E-state index in [1.54, 1.807) is 18.2 Å². The zero-order chi connectivity index (χ0) is 14.0. The van der Waals surface area contributed by atoms with Crippen molar-refractivity contribution in [2.45, 2.75) is 6.92 Å². The van der Waals surface area contributed by atoms with Crippen LogP contribution in [0.15, 0.2) is 36.4 Å². The van der Waals surface area contributed by atoms with Crippen molar-refractivity contribution >= 4 is 28.9 Å². The van der Waals surface area contributed by atoms with Gasteiger partial charge in [0, 0.05) is 16.4 Å². The van der Waals surface area contributed by atoms with Gasteiger partial charge in [0.15, 0.2) is 0 Å². The van der Waals surface area contributed by atoms with Crippen LogP contribution in [-0.2, 0) is 0 Å². The van der Waals surface area contributed by atoms with E-state index in [-0.39, 0.29) is 5.56 Å². The van der Waals surface area contributed by atoms with Gasteiger partial charge in [-0.1, -0.05) is 17.7 Å². The molecule has 0 unspecified atom stereocenters. The fraction of sp³-hybridized carbons (Fsp3) is 0.0714. The van der Waals surface area contributed by atoms with Crippen molar-refractivity contribution in [2.24, 2.45) is 0 Å². The molecule has 0 fully saturated rings. The van der Waals surface area contributed by atoms with Crippen molar-refractivity contribution < 1.29 is 9.18 Å². The first kappa shape index (κ1) is 13.4. The number of nitrogens with two attached hydrogens (primary N) is 1. The molecule has 2 rings (SSSR count). The number of carbonyl (C=O) groups excluding carboxylic acids is 1. The zero-order valence-corrected chi connectivity index (χ0v) is 11.0. The lowest BCUT2D eigenvalue weighted by molar-refractivity contribution is 0.102. The molecule has 3 nitrogen and oxygen atoms in total. The molecule has 0 spiro atoms. The average Bonchev–Trinajstić information content (AvgIpc) is 2.36. The number of rotatable bonds is 2. The van der Waals surface area contributed by atoms with Gasteiger partial charge in [-0.3, -0.25) is 4.79 Å². The fourth-order valence-electron chi connectivity index (χ4n) is 1.64. The third-order valence-electron chi connectivity index (χ3n) is 2.68. The van der Waals surface area contributed by atoms with Crippen LogP contribution in [-0.4, -0.2) is 5.91 Å². The topological polar surface area (TPSA) is 55.1 Å². The van der Waals surface area contributed by atoms with E-state index in [0.717, 1.165) is 11.6 Å². The summed E-state index contributed by atoms with van der Waals surface area (Å²) in [6, 6.07) is 8.96. The van der Waals surface area contributed by atoms with E-state index in [2.05, 4.69) is 5.32 Å². The molecule has 0 aliphatic heterocycles. The Morgan fingerprint density at radius 2 is 2.00 bits per heavy atom. The van der Waals surface area contributed by atoms with E-state index in [1.165, 1.54) is 12.1 Å². The van der Waals surface area contributed by atoms with Gasteiger partial charge in [0.05, 0.1) is 5.56 Å². The van der Waals surface area contributed by atoms with Crippen LogP contribution in [0.3, 0.4) is 0 Å². The summed E-state index contributed by atoms with van der Waals surface area (Å²) < 4.78 is 13.6. The van der Waals surface area contributed by atoms with Gasteiger partial charge in [-0.05, 0) is 42.8 Å². The number of nitrogen functional groups attached to an aromatic ring is 1. The number of nitrogens with one attached hydrogen (secondary N) is 1. The molecule has 19 heavy (non-hydrogen) atoms. The molecule has 3 N–H and O–H groups in total. The monoisotopic (exact) mass is 278 g/mol. The van der Waals surface area contributed by atoms with Crippen LogP contribution in [0.4, 0.5) is 15.8 Å². The molecule has 0 radical (unpaired) electrons. The lowest BCUT2D eigenvalue weighted by atomic mass is 10.1. The standard InChI is InChI=1S/C14H12ClFN2O/c1-8-2-4-10(17)7-13(8)18-14(19)11-6-9(15)3-5-12(11)16/h2-7H,17H2,1H3,(H,18,19). The molecule has 1 amide bonds. The Balaban J connectivity index is 2.30. The number of anilines is 2. The van der Waals surface area contributed by atoms with E-state index >= 15 is 0 Å². The number of hydrogen-bond acceptors (Lipinski definition) is 2. The molecule has 0 heterocycles. The van der Waals surface area contributed by atoms with E-state index in [9.17, 15) is 9.18 Å². The number of aryl methyl sites for hydroxylation is 1. The summed E-state index contributed by atoms with van der Waals surface area (Å²) >= 11 is 5.75. The average molecular weight is 279 g/mol. The first-order chi connectivity index (χ1) is 8.97. The van der Waals surface area contributed by atoms with Gasteiger partial charge in [-0.15, -0.1) is 0 Å². The summed E-state index contributed by atoms with van der Waals surface area (Å²) in [4.78, 5) is 12.0. The van der Waals surface area contributed by atoms with Crippen LogP contribution in [0.25, 0.3) is 0 Å². The predicted molar refractivity (Wildman–Crippen MR) is 75.0 cm³/mol. The molecule has 0 bridgehead atoms. The van der Waals surface area contributed by atoms with Crippen LogP contribution in [0, 0.1) is 12.7 Å². The second kappa shape index (κ2) is 5.28. The van der Waals surface area contributed by atoms with Gasteiger partial charge in [0.2, 0.25) is 0 Å². The van der Waals surface area contributed by atoms with Crippen molar-refractivity contribution in [2.75, 3.05) is 11.1 Å². The lowest BCUT2D eigenvalue weighted by Crippen LogP contribution is -2.14. The minimum atomic E-state index is -0.622. The summed E-state index contributed by atoms with van der Waals surface area (Å²) in [6.07, 6.45) is 0. The highest BCUT2D eigenvalue weighted by Crippen LogP contribution is 2.21. The Morgan fingerprint density at radius 1 is 1.26 bits per heavy atom. The minimum Gasteiger partial charge on any atom is -0.399 e. The lowest BCUT2D eigenvalue weighted by Gasteiger charge is -2.10. The van der Waals surface area contributed by atoms with Crippen LogP contribution < -0.4 is 11.1 Å². The predicted octanol–water partition coefficient (Wildman–Crippen LogP) is 3.62. The highest BCUT2D eigenvalue weighted by molar-refractivity contribution is 6.31. The SMILES string of the molecule is Cc1ccc(N)cc1NC(=O)c1cc(Cl)ccc1F. The molecule has 5 heteroatoms. The Labute approximate surface area is 115 Å². The van der Waals surface area contributed by atoms with Crippen molar-refractivity contribution in [1.29, 1.82) is 0 Å². The van der Waals surface area contributed by atoms with Crippen molar-refractivity contribution in [1.82, 2.24) is 0 Å². The quantitative estimate of drug-likeness (QED) is 0.824. The molecular formula is C14H12ClFN2O. The Hall–Kier alpha value is -2.07. The largest absolute Gasteiger partial charge is 0.399 e. The Morgan fingerprint density at radius 3 is 2.74 bits per heavy atom. The van der Waals surface area contributed by atoms with Gasteiger partial charge >= 0.3 is 0 Å². The van der Waals surface area contributed by atoms with Crippen LogP contribution in [0.2, 0.25) is 5.02 Å². The number of halogens is 2. The van der Waals surface area contributed by atoms with Gasteiger partial charge in [-0.25, -0.2) is 4.39 Å². The van der Waals surface area contributed by atoms with Gasteiger partial charge in [0.25, 0.3) is 5.91 Å². The van der Waals surface area contributed by atoms with Gasteiger partial charge in [-0.2, -0.15) is 0 Å². The number of amides is 1. The second-order valence-electron chi connectivity index (χ2n) is 4.15. The number of carbonyl (C=O) groups is 1. The smallest absolute Gasteiger partial charge is 0.258 e. The maximum Gasteiger partial charge on any atom is 0.258 e. The minimum absolute atomic E-state index is 0.102. The molecule has 0 aromatic heterocycles. The number of hydrogen-bond donors (Lipinski definition) is 2. The zero-order valence-electron chi connectivity index (χ0n) is 10.2. The molecule has 0 saturated heterocycles. The van der Waals surface area contributed by atoms with Crippen molar-refractivity contribution in [3.63, 3.8) is 0 Å². The first-order valence-electron chi connectivity index (χ1n) is 5.60.